The summed E-state index contributed by atoms with van der Waals surface area (Å²) in [6.07, 6.45) is -1.11. The fraction of sp³-hybridized carbons (Fsp3) is 0.949. The maximum Gasteiger partial charge on any atom is 0.187 e. The molecule has 21 atom stereocenters. The average molecular weight is 722 g/mol. The molecule has 0 aromatic carbocycles. The number of fused-ring (bicyclic) bond motifs is 7. The van der Waals surface area contributed by atoms with Crippen molar-refractivity contribution in [2.75, 3.05) is 13.2 Å². The van der Waals surface area contributed by atoms with E-state index < -0.39 is 68.0 Å². The molecule has 1 unspecified atom stereocenters. The maximum absolute atomic E-state index is 11.1. The van der Waals surface area contributed by atoms with E-state index in [1.807, 2.05) is 0 Å². The van der Waals surface area contributed by atoms with Crippen LogP contribution in [-0.4, -0.2) is 123 Å². The SMILES string of the molecule is C[C@@H]1CC[C@]2(NC1)O[C@H]1C[C@H]3[C@@H]4CC=C5C[C@@H](O[C@@H]6O[C@H](CO)[C@@H](O[C@@H]7O[C@@H](C)[C@H](O)[C@@H](O)[C@H]7O)[C@H](O)[C@H]6O)CC[C@]5(C)[C@H]4CC[C@]3(C)C1[C@@H]2C. The van der Waals surface area contributed by atoms with Crippen molar-refractivity contribution in [3.63, 3.8) is 0 Å². The molecule has 7 N–H and O–H groups in total. The number of aliphatic hydroxyl groups excluding tert-OH is 6. The highest BCUT2D eigenvalue weighted by atomic mass is 16.7. The van der Waals surface area contributed by atoms with E-state index in [4.69, 9.17) is 23.7 Å². The molecule has 4 saturated heterocycles. The first-order valence-electron chi connectivity index (χ1n) is 20.0. The number of hydrogen-bond acceptors (Lipinski definition) is 12. The fourth-order valence-electron chi connectivity index (χ4n) is 12.7. The van der Waals surface area contributed by atoms with Crippen molar-refractivity contribution in [1.82, 2.24) is 5.32 Å². The van der Waals surface area contributed by atoms with E-state index in [0.29, 0.717) is 47.0 Å². The van der Waals surface area contributed by atoms with Crippen LogP contribution in [0.5, 0.6) is 0 Å². The maximum atomic E-state index is 11.1. The van der Waals surface area contributed by atoms with Crippen LogP contribution in [0.3, 0.4) is 0 Å². The molecule has 8 aliphatic rings. The summed E-state index contributed by atoms with van der Waals surface area (Å²) in [5, 5.41) is 67.0. The summed E-state index contributed by atoms with van der Waals surface area (Å²) in [5.74, 6) is 3.74. The Morgan fingerprint density at radius 1 is 0.843 bits per heavy atom. The van der Waals surface area contributed by atoms with E-state index in [9.17, 15) is 30.6 Å². The highest BCUT2D eigenvalue weighted by Crippen LogP contribution is 2.70. The summed E-state index contributed by atoms with van der Waals surface area (Å²) in [6.45, 7) is 11.9. The molecule has 0 aromatic rings. The summed E-state index contributed by atoms with van der Waals surface area (Å²) in [6, 6.07) is 0. The molecule has 8 rings (SSSR count). The van der Waals surface area contributed by atoms with E-state index in [2.05, 4.69) is 39.1 Å². The lowest BCUT2D eigenvalue weighted by Gasteiger charge is -2.59. The van der Waals surface area contributed by atoms with Crippen molar-refractivity contribution in [3.05, 3.63) is 11.6 Å². The second-order valence-corrected chi connectivity index (χ2v) is 18.4. The zero-order valence-electron chi connectivity index (χ0n) is 31.0. The first kappa shape index (κ1) is 37.2. The van der Waals surface area contributed by atoms with Gasteiger partial charge in [-0.25, -0.2) is 0 Å². The lowest BCUT2D eigenvalue weighted by molar-refractivity contribution is -0.360. The van der Waals surface area contributed by atoms with Gasteiger partial charge >= 0.3 is 0 Å². The highest BCUT2D eigenvalue weighted by molar-refractivity contribution is 5.26. The average Bonchev–Trinajstić information content (AvgIpc) is 3.56. The summed E-state index contributed by atoms with van der Waals surface area (Å²) < 4.78 is 30.7. The fourth-order valence-corrected chi connectivity index (χ4v) is 12.7. The zero-order valence-corrected chi connectivity index (χ0v) is 31.0. The third-order valence-electron chi connectivity index (χ3n) is 15.8. The van der Waals surface area contributed by atoms with E-state index >= 15 is 0 Å². The molecule has 3 saturated carbocycles. The first-order valence-corrected chi connectivity index (χ1v) is 20.0. The topological polar surface area (TPSA) is 180 Å². The normalized spacial score (nSPS) is 58.4. The van der Waals surface area contributed by atoms with Gasteiger partial charge in [0.15, 0.2) is 12.6 Å². The van der Waals surface area contributed by atoms with Crippen molar-refractivity contribution in [2.45, 2.75) is 172 Å². The number of hydrogen-bond donors (Lipinski definition) is 7. The molecule has 0 bridgehead atoms. The standard InChI is InChI=1S/C39H63NO11/c1-18-8-13-39(40-16-18)19(2)28-26(51-39)15-25-23-7-6-21-14-22(9-11-37(21,4)24(23)10-12-38(25,28)5)48-36-33(46)31(44)34(27(17-41)49-36)50-35-32(45)30(43)29(42)20(3)47-35/h6,18-20,22-36,40-46H,7-17H2,1-5H3/t18-,19+,20+,22+,23-,24+,25+,26+,27-,28?,29+,30-,31-,32-,33-,34-,35+,36-,37+,38+,39+/m1/s1. The van der Waals surface area contributed by atoms with Crippen LogP contribution in [0.1, 0.15) is 92.4 Å². The molecule has 51 heavy (non-hydrogen) atoms. The molecule has 0 amide bonds. The van der Waals surface area contributed by atoms with Gasteiger partial charge in [0, 0.05) is 12.5 Å². The van der Waals surface area contributed by atoms with Crippen molar-refractivity contribution in [3.8, 4) is 0 Å². The first-order chi connectivity index (χ1) is 24.2. The van der Waals surface area contributed by atoms with Crippen LogP contribution in [-0.2, 0) is 23.7 Å². The molecule has 12 nitrogen and oxygen atoms in total. The van der Waals surface area contributed by atoms with Crippen LogP contribution in [0.2, 0.25) is 0 Å². The van der Waals surface area contributed by atoms with Crippen LogP contribution in [0, 0.1) is 46.3 Å². The van der Waals surface area contributed by atoms with Crippen molar-refractivity contribution >= 4 is 0 Å². The van der Waals surface area contributed by atoms with Gasteiger partial charge in [0.2, 0.25) is 0 Å². The minimum absolute atomic E-state index is 0.0881. The van der Waals surface area contributed by atoms with Gasteiger partial charge in [0.1, 0.15) is 48.5 Å². The zero-order chi connectivity index (χ0) is 36.2. The van der Waals surface area contributed by atoms with Gasteiger partial charge in [-0.2, -0.15) is 0 Å². The van der Waals surface area contributed by atoms with Gasteiger partial charge in [-0.1, -0.05) is 39.3 Å². The Bertz CT molecular complexity index is 1310. The molecular weight excluding hydrogens is 658 g/mol. The highest BCUT2D eigenvalue weighted by Gasteiger charge is 2.68. The summed E-state index contributed by atoms with van der Waals surface area (Å²) in [7, 11) is 0. The van der Waals surface area contributed by atoms with Crippen molar-refractivity contribution in [2.24, 2.45) is 46.3 Å². The number of aliphatic hydroxyl groups is 6. The Hall–Kier alpha value is -0.740. The van der Waals surface area contributed by atoms with E-state index in [1.54, 1.807) is 0 Å². The predicted octanol–water partition coefficient (Wildman–Crippen LogP) is 1.96. The minimum Gasteiger partial charge on any atom is -0.394 e. The molecule has 4 heterocycles. The minimum atomic E-state index is -1.60. The lowest BCUT2D eigenvalue weighted by atomic mass is 9.47. The van der Waals surface area contributed by atoms with Crippen LogP contribution in [0.4, 0.5) is 0 Å². The van der Waals surface area contributed by atoms with Crippen LogP contribution in [0.15, 0.2) is 11.6 Å². The molecule has 4 aliphatic carbocycles. The molecule has 0 aromatic heterocycles. The third kappa shape index (κ3) is 5.84. The second-order valence-electron chi connectivity index (χ2n) is 18.4. The van der Waals surface area contributed by atoms with Crippen LogP contribution >= 0.6 is 0 Å². The largest absolute Gasteiger partial charge is 0.394 e. The number of ether oxygens (including phenoxy) is 5. The Morgan fingerprint density at radius 3 is 2.31 bits per heavy atom. The molecule has 290 valence electrons. The van der Waals surface area contributed by atoms with Gasteiger partial charge in [0.25, 0.3) is 0 Å². The van der Waals surface area contributed by atoms with Crippen LogP contribution < -0.4 is 5.32 Å². The van der Waals surface area contributed by atoms with Crippen LogP contribution in [0.25, 0.3) is 0 Å². The van der Waals surface area contributed by atoms with Crippen molar-refractivity contribution in [1.29, 1.82) is 0 Å². The number of rotatable bonds is 5. The number of piperidine rings is 1. The monoisotopic (exact) mass is 721 g/mol. The van der Waals surface area contributed by atoms with Crippen molar-refractivity contribution < 1.29 is 54.3 Å². The number of allylic oxidation sites excluding steroid dienone is 1. The molecule has 12 heteroatoms. The Morgan fingerprint density at radius 2 is 1.59 bits per heavy atom. The Balaban J connectivity index is 0.915. The van der Waals surface area contributed by atoms with Gasteiger partial charge < -0.3 is 54.3 Å². The Kier molecular flexibility index (Phi) is 9.83. The molecule has 0 radical (unpaired) electrons. The van der Waals surface area contributed by atoms with E-state index in [1.165, 1.54) is 38.2 Å². The third-order valence-corrected chi connectivity index (χ3v) is 15.8. The smallest absolute Gasteiger partial charge is 0.187 e. The van der Waals surface area contributed by atoms with E-state index in [-0.39, 0.29) is 17.2 Å². The lowest BCUT2D eigenvalue weighted by Crippen LogP contribution is -2.64. The summed E-state index contributed by atoms with van der Waals surface area (Å²) >= 11 is 0. The predicted molar refractivity (Wildman–Crippen MR) is 184 cm³/mol. The summed E-state index contributed by atoms with van der Waals surface area (Å²) in [4.78, 5) is 0. The van der Waals surface area contributed by atoms with E-state index in [0.717, 1.165) is 38.6 Å². The van der Waals surface area contributed by atoms with Gasteiger partial charge in [-0.3, -0.25) is 5.32 Å². The van der Waals surface area contributed by atoms with Gasteiger partial charge in [-0.15, -0.1) is 0 Å². The molecule has 4 aliphatic heterocycles. The number of nitrogens with one attached hydrogen (secondary N) is 1. The second kappa shape index (κ2) is 13.5. The molecular formula is C39H63NO11. The molecule has 7 fully saturated rings. The molecule has 1 spiro atoms. The van der Waals surface area contributed by atoms with Gasteiger partial charge in [-0.05, 0) is 105 Å². The quantitative estimate of drug-likeness (QED) is 0.206. The van der Waals surface area contributed by atoms with Gasteiger partial charge in [0.05, 0.1) is 24.9 Å². The summed E-state index contributed by atoms with van der Waals surface area (Å²) in [5.41, 5.74) is 1.66. The Labute approximate surface area is 302 Å².